The van der Waals surface area contributed by atoms with E-state index in [1.165, 1.54) is 12.1 Å². The van der Waals surface area contributed by atoms with Crippen LogP contribution in [0.1, 0.15) is 11.6 Å². The molecule has 0 saturated carbocycles. The van der Waals surface area contributed by atoms with Crippen molar-refractivity contribution in [1.29, 1.82) is 0 Å². The van der Waals surface area contributed by atoms with E-state index in [1.807, 2.05) is 0 Å². The van der Waals surface area contributed by atoms with Gasteiger partial charge in [-0.05, 0) is 56.1 Å². The maximum Gasteiger partial charge on any atom is 0.573 e. The number of ether oxygens (including phenoxy) is 1. The van der Waals surface area contributed by atoms with Crippen LogP contribution in [0.15, 0.2) is 47.4 Å². The van der Waals surface area contributed by atoms with Crippen LogP contribution in [-0.4, -0.2) is 40.3 Å². The predicted molar refractivity (Wildman–Crippen MR) is 96.2 cm³/mol. The summed E-state index contributed by atoms with van der Waals surface area (Å²) in [6, 6.07) is 6.86. The van der Waals surface area contributed by atoms with Crippen LogP contribution in [0.3, 0.4) is 0 Å². The van der Waals surface area contributed by atoms with Crippen molar-refractivity contribution in [1.82, 2.24) is 9.62 Å². The van der Waals surface area contributed by atoms with Gasteiger partial charge in [-0.15, -0.1) is 13.2 Å². The first-order valence-corrected chi connectivity index (χ1v) is 9.71. The summed E-state index contributed by atoms with van der Waals surface area (Å²) in [6.07, 6.45) is -4.88. The number of hydrogen-bond acceptors (Lipinski definition) is 4. The first kappa shape index (κ1) is 22.4. The van der Waals surface area contributed by atoms with Crippen LogP contribution in [0.25, 0.3) is 0 Å². The van der Waals surface area contributed by atoms with Gasteiger partial charge in [-0.3, -0.25) is 0 Å². The molecule has 1 unspecified atom stereocenters. The molecule has 0 aliphatic rings. The SMILES string of the molecule is CN(C)CC(NS(=O)(=O)c1ccc(OC(F)(F)F)cc1)c1ccc(Cl)c(F)c1. The lowest BCUT2D eigenvalue weighted by atomic mass is 10.1. The van der Waals surface area contributed by atoms with Gasteiger partial charge < -0.3 is 9.64 Å². The lowest BCUT2D eigenvalue weighted by Crippen LogP contribution is -2.35. The molecule has 0 radical (unpaired) electrons. The van der Waals surface area contributed by atoms with Crippen LogP contribution in [0.2, 0.25) is 5.02 Å². The van der Waals surface area contributed by atoms with Crippen LogP contribution in [0, 0.1) is 5.82 Å². The van der Waals surface area contributed by atoms with E-state index in [1.54, 1.807) is 19.0 Å². The summed E-state index contributed by atoms with van der Waals surface area (Å²) in [5, 5.41) is -0.101. The molecule has 2 aromatic carbocycles. The highest BCUT2D eigenvalue weighted by Crippen LogP contribution is 2.26. The first-order chi connectivity index (χ1) is 12.9. The molecule has 0 amide bonds. The highest BCUT2D eigenvalue weighted by Gasteiger charge is 2.31. The molecule has 2 rings (SSSR count). The van der Waals surface area contributed by atoms with Crippen molar-refractivity contribution >= 4 is 21.6 Å². The summed E-state index contributed by atoms with van der Waals surface area (Å²) in [5.41, 5.74) is 0.344. The minimum atomic E-state index is -4.88. The van der Waals surface area contributed by atoms with Gasteiger partial charge >= 0.3 is 6.36 Å². The Kier molecular flexibility index (Phi) is 6.92. The minimum Gasteiger partial charge on any atom is -0.406 e. The van der Waals surface area contributed by atoms with E-state index in [-0.39, 0.29) is 16.5 Å². The van der Waals surface area contributed by atoms with Gasteiger partial charge in [0.25, 0.3) is 0 Å². The van der Waals surface area contributed by atoms with E-state index in [0.717, 1.165) is 30.3 Å². The van der Waals surface area contributed by atoms with E-state index in [4.69, 9.17) is 11.6 Å². The smallest absolute Gasteiger partial charge is 0.406 e. The van der Waals surface area contributed by atoms with Crippen LogP contribution >= 0.6 is 11.6 Å². The first-order valence-electron chi connectivity index (χ1n) is 7.85. The lowest BCUT2D eigenvalue weighted by molar-refractivity contribution is -0.274. The molecule has 0 aliphatic heterocycles. The molecule has 2 aromatic rings. The second-order valence-corrected chi connectivity index (χ2v) is 8.25. The normalized spacial score (nSPS) is 13.6. The van der Waals surface area contributed by atoms with Gasteiger partial charge in [0.05, 0.1) is 16.0 Å². The number of sulfonamides is 1. The van der Waals surface area contributed by atoms with Gasteiger partial charge in [0, 0.05) is 6.54 Å². The molecule has 11 heteroatoms. The molecule has 0 aromatic heterocycles. The Morgan fingerprint density at radius 2 is 1.75 bits per heavy atom. The summed E-state index contributed by atoms with van der Waals surface area (Å²) < 4.78 is 81.9. The second kappa shape index (κ2) is 8.64. The molecule has 5 nitrogen and oxygen atoms in total. The fraction of sp³-hybridized carbons (Fsp3) is 0.294. The van der Waals surface area contributed by atoms with Gasteiger partial charge in [-0.25, -0.2) is 17.5 Å². The van der Waals surface area contributed by atoms with Crippen molar-refractivity contribution in [2.45, 2.75) is 17.3 Å². The Hall–Kier alpha value is -1.88. The molecule has 1 N–H and O–H groups in total. The predicted octanol–water partition coefficient (Wildman–Crippen LogP) is 3.96. The van der Waals surface area contributed by atoms with Crippen molar-refractivity contribution in [3.63, 3.8) is 0 Å². The highest BCUT2D eigenvalue weighted by atomic mass is 35.5. The summed E-state index contributed by atoms with van der Waals surface area (Å²) in [5.74, 6) is -1.24. The third-order valence-corrected chi connectivity index (χ3v) is 5.35. The van der Waals surface area contributed by atoms with E-state index < -0.39 is 34.0 Å². The van der Waals surface area contributed by atoms with E-state index in [0.29, 0.717) is 5.56 Å². The third kappa shape index (κ3) is 6.33. The monoisotopic (exact) mass is 440 g/mol. The summed E-state index contributed by atoms with van der Waals surface area (Å²) >= 11 is 5.66. The number of nitrogens with zero attached hydrogens (tertiary/aromatic N) is 1. The molecule has 0 heterocycles. The molecule has 0 aliphatic carbocycles. The fourth-order valence-electron chi connectivity index (χ4n) is 2.38. The number of nitrogens with one attached hydrogen (secondary N) is 1. The van der Waals surface area contributed by atoms with Gasteiger partial charge in [-0.2, -0.15) is 0 Å². The molecule has 28 heavy (non-hydrogen) atoms. The standard InChI is InChI=1S/C17H17ClF4N2O3S/c1-24(2)10-16(11-3-8-14(18)15(19)9-11)23-28(25,26)13-6-4-12(5-7-13)27-17(20,21)22/h3-9,16,23H,10H2,1-2H3. The van der Waals surface area contributed by atoms with E-state index in [9.17, 15) is 26.0 Å². The number of hydrogen-bond donors (Lipinski definition) is 1. The summed E-state index contributed by atoms with van der Waals surface area (Å²) in [6.45, 7) is 0.204. The van der Waals surface area contributed by atoms with Crippen LogP contribution in [0.5, 0.6) is 5.75 Å². The van der Waals surface area contributed by atoms with Gasteiger partial charge in [-0.1, -0.05) is 17.7 Å². The Labute approximate surface area is 164 Å². The molecule has 0 bridgehead atoms. The van der Waals surface area contributed by atoms with Crippen molar-refractivity contribution in [2.75, 3.05) is 20.6 Å². The van der Waals surface area contributed by atoms with E-state index in [2.05, 4.69) is 9.46 Å². The van der Waals surface area contributed by atoms with Crippen molar-refractivity contribution in [2.24, 2.45) is 0 Å². The quantitative estimate of drug-likeness (QED) is 0.662. The van der Waals surface area contributed by atoms with Crippen molar-refractivity contribution in [3.8, 4) is 5.75 Å². The molecular weight excluding hydrogens is 424 g/mol. The maximum atomic E-state index is 13.8. The van der Waals surface area contributed by atoms with Crippen LogP contribution in [-0.2, 0) is 10.0 Å². The topological polar surface area (TPSA) is 58.6 Å². The fourth-order valence-corrected chi connectivity index (χ4v) is 3.71. The molecule has 0 saturated heterocycles. The van der Waals surface area contributed by atoms with Gasteiger partial charge in [0.2, 0.25) is 10.0 Å². The van der Waals surface area contributed by atoms with E-state index >= 15 is 0 Å². The Morgan fingerprint density at radius 3 is 2.25 bits per heavy atom. The largest absolute Gasteiger partial charge is 0.573 e. The maximum absolute atomic E-state index is 13.8. The molecule has 0 spiro atoms. The molecule has 154 valence electrons. The average molecular weight is 441 g/mol. The summed E-state index contributed by atoms with van der Waals surface area (Å²) in [4.78, 5) is 1.43. The van der Waals surface area contributed by atoms with Crippen LogP contribution in [0.4, 0.5) is 17.6 Å². The zero-order chi connectivity index (χ0) is 21.1. The Bertz CT molecular complexity index is 919. The second-order valence-electron chi connectivity index (χ2n) is 6.13. The molecular formula is C17H17ClF4N2O3S. The van der Waals surface area contributed by atoms with Crippen molar-refractivity contribution < 1.29 is 30.7 Å². The Balaban J connectivity index is 2.28. The van der Waals surface area contributed by atoms with Gasteiger partial charge in [0.15, 0.2) is 0 Å². The molecule has 1 atom stereocenters. The zero-order valence-electron chi connectivity index (χ0n) is 14.8. The lowest BCUT2D eigenvalue weighted by Gasteiger charge is -2.23. The summed E-state index contributed by atoms with van der Waals surface area (Å²) in [7, 11) is -0.695. The number of halogens is 5. The zero-order valence-corrected chi connectivity index (χ0v) is 16.4. The number of benzene rings is 2. The number of likely N-dealkylation sites (N-methyl/N-ethyl adjacent to an activating group) is 1. The highest BCUT2D eigenvalue weighted by molar-refractivity contribution is 7.89. The minimum absolute atomic E-state index is 0.101. The Morgan fingerprint density at radius 1 is 1.14 bits per heavy atom. The third-order valence-electron chi connectivity index (χ3n) is 3.56. The van der Waals surface area contributed by atoms with Crippen molar-refractivity contribution in [3.05, 3.63) is 58.9 Å². The number of rotatable bonds is 7. The van der Waals surface area contributed by atoms with Crippen LogP contribution < -0.4 is 9.46 Å². The van der Waals surface area contributed by atoms with Gasteiger partial charge in [0.1, 0.15) is 11.6 Å². The average Bonchev–Trinajstić information content (AvgIpc) is 2.55. The molecule has 0 fully saturated rings. The number of alkyl halides is 3.